The molecule has 0 aliphatic carbocycles. The van der Waals surface area contributed by atoms with Crippen molar-refractivity contribution in [3.63, 3.8) is 0 Å². The average molecular weight is 453 g/mol. The van der Waals surface area contributed by atoms with Crippen molar-refractivity contribution in [2.24, 2.45) is 0 Å². The Morgan fingerprint density at radius 2 is 0.926 bits per heavy atom. The molecule has 0 aliphatic rings. The van der Waals surface area contributed by atoms with Gasteiger partial charge in [0.1, 0.15) is 23.2 Å². The van der Waals surface area contributed by atoms with E-state index in [-0.39, 0.29) is 23.4 Å². The standard InChI is InChI=1S/C22H21F3P.BrH/c23-22(24,25)17-10-18-26(19-11-4-1-5-12-19,20-13-6-2-7-14-20)21-15-8-3-9-16-21;/h1-9,11-16H,10,17-18H2;1H/q+1;/p-1. The lowest BCUT2D eigenvalue weighted by molar-refractivity contribution is -0.134. The highest BCUT2D eigenvalue weighted by Gasteiger charge is 2.45. The molecule has 0 bridgehead atoms. The zero-order valence-corrected chi connectivity index (χ0v) is 17.2. The molecular formula is C22H21BrF3P. The van der Waals surface area contributed by atoms with Crippen molar-refractivity contribution >= 4 is 23.2 Å². The van der Waals surface area contributed by atoms with Crippen molar-refractivity contribution in [1.82, 2.24) is 0 Å². The van der Waals surface area contributed by atoms with Crippen LogP contribution in [0.25, 0.3) is 0 Å². The number of benzene rings is 3. The Balaban J connectivity index is 0.00000261. The highest BCUT2D eigenvalue weighted by Crippen LogP contribution is 2.56. The maximum absolute atomic E-state index is 12.9. The van der Waals surface area contributed by atoms with Gasteiger partial charge in [-0.2, -0.15) is 13.2 Å². The minimum atomic E-state index is -4.13. The first-order valence-corrected chi connectivity index (χ1v) is 10.6. The summed E-state index contributed by atoms with van der Waals surface area (Å²) in [6, 6.07) is 30.0. The van der Waals surface area contributed by atoms with Crippen molar-refractivity contribution in [2.45, 2.75) is 19.0 Å². The van der Waals surface area contributed by atoms with Crippen molar-refractivity contribution in [2.75, 3.05) is 6.16 Å². The second kappa shape index (κ2) is 9.52. The second-order valence-electron chi connectivity index (χ2n) is 6.26. The van der Waals surface area contributed by atoms with Gasteiger partial charge in [0.2, 0.25) is 0 Å². The van der Waals surface area contributed by atoms with E-state index in [0.29, 0.717) is 6.16 Å². The van der Waals surface area contributed by atoms with Crippen molar-refractivity contribution in [3.8, 4) is 0 Å². The van der Waals surface area contributed by atoms with Crippen molar-refractivity contribution in [1.29, 1.82) is 0 Å². The topological polar surface area (TPSA) is 0 Å². The summed E-state index contributed by atoms with van der Waals surface area (Å²) in [5.41, 5.74) is 0. The van der Waals surface area contributed by atoms with Crippen LogP contribution in [0.2, 0.25) is 0 Å². The van der Waals surface area contributed by atoms with Gasteiger partial charge in [0.15, 0.2) is 0 Å². The quantitative estimate of drug-likeness (QED) is 0.503. The molecule has 0 aliphatic heterocycles. The summed E-state index contributed by atoms with van der Waals surface area (Å²) in [6.45, 7) is 0. The molecule has 0 fully saturated rings. The van der Waals surface area contributed by atoms with Crippen LogP contribution in [0.1, 0.15) is 12.8 Å². The van der Waals surface area contributed by atoms with Crippen LogP contribution in [-0.4, -0.2) is 12.3 Å². The Morgan fingerprint density at radius 1 is 0.593 bits per heavy atom. The molecule has 0 heterocycles. The zero-order chi connectivity index (χ0) is 18.5. The molecule has 3 rings (SSSR count). The minimum Gasteiger partial charge on any atom is -1.00 e. The fraction of sp³-hybridized carbons (Fsp3) is 0.182. The van der Waals surface area contributed by atoms with Gasteiger partial charge in [0, 0.05) is 6.42 Å². The third-order valence-corrected chi connectivity index (χ3v) is 9.07. The summed E-state index contributed by atoms with van der Waals surface area (Å²) in [7, 11) is -2.14. The Labute approximate surface area is 169 Å². The number of hydrogen-bond acceptors (Lipinski definition) is 0. The van der Waals surface area contributed by atoms with Gasteiger partial charge < -0.3 is 17.0 Å². The van der Waals surface area contributed by atoms with E-state index in [9.17, 15) is 13.2 Å². The molecule has 5 heteroatoms. The normalized spacial score (nSPS) is 11.7. The van der Waals surface area contributed by atoms with Crippen LogP contribution in [0, 0.1) is 0 Å². The number of halogens is 4. The zero-order valence-electron chi connectivity index (χ0n) is 14.7. The van der Waals surface area contributed by atoms with E-state index in [1.165, 1.54) is 0 Å². The monoisotopic (exact) mass is 452 g/mol. The van der Waals surface area contributed by atoms with Gasteiger partial charge in [-0.05, 0) is 42.8 Å². The van der Waals surface area contributed by atoms with Gasteiger partial charge in [-0.1, -0.05) is 54.6 Å². The fourth-order valence-electron chi connectivity index (χ4n) is 3.40. The average Bonchev–Trinajstić information content (AvgIpc) is 2.67. The molecule has 0 saturated carbocycles. The predicted octanol–water partition coefficient (Wildman–Crippen LogP) is 2.33. The Morgan fingerprint density at radius 3 is 1.22 bits per heavy atom. The molecule has 0 amide bonds. The molecule has 142 valence electrons. The molecule has 3 aromatic rings. The maximum atomic E-state index is 12.9. The van der Waals surface area contributed by atoms with Crippen LogP contribution in [-0.2, 0) is 0 Å². The Kier molecular flexibility index (Phi) is 7.64. The molecule has 27 heavy (non-hydrogen) atoms. The summed E-state index contributed by atoms with van der Waals surface area (Å²) < 4.78 is 38.6. The Hall–Kier alpha value is -1.64. The van der Waals surface area contributed by atoms with E-state index < -0.39 is 19.9 Å². The molecule has 0 unspecified atom stereocenters. The molecular weight excluding hydrogens is 432 g/mol. The minimum absolute atomic E-state index is 0. The number of rotatable bonds is 6. The predicted molar refractivity (Wildman–Crippen MR) is 105 cm³/mol. The van der Waals surface area contributed by atoms with Crippen LogP contribution < -0.4 is 32.9 Å². The molecule has 0 saturated heterocycles. The van der Waals surface area contributed by atoms with E-state index in [2.05, 4.69) is 36.4 Å². The molecule has 0 aromatic heterocycles. The van der Waals surface area contributed by atoms with Crippen molar-refractivity contribution < 1.29 is 30.2 Å². The highest BCUT2D eigenvalue weighted by atomic mass is 79.9. The second-order valence-corrected chi connectivity index (χ2v) is 9.87. The molecule has 0 atom stereocenters. The van der Waals surface area contributed by atoms with E-state index in [0.717, 1.165) is 15.9 Å². The van der Waals surface area contributed by atoms with Gasteiger partial charge in [-0.15, -0.1) is 0 Å². The number of hydrogen-bond donors (Lipinski definition) is 0. The summed E-state index contributed by atoms with van der Waals surface area (Å²) >= 11 is 0. The van der Waals surface area contributed by atoms with Crippen LogP contribution in [0.5, 0.6) is 0 Å². The molecule has 0 N–H and O–H groups in total. The van der Waals surface area contributed by atoms with Gasteiger partial charge in [0.05, 0.1) is 6.16 Å². The molecule has 3 aromatic carbocycles. The third-order valence-electron chi connectivity index (χ3n) is 4.54. The number of alkyl halides is 3. The first-order chi connectivity index (χ1) is 12.5. The van der Waals surface area contributed by atoms with Crippen LogP contribution >= 0.6 is 7.26 Å². The largest absolute Gasteiger partial charge is 1.00 e. The van der Waals surface area contributed by atoms with Crippen molar-refractivity contribution in [3.05, 3.63) is 91.0 Å². The van der Waals surface area contributed by atoms with E-state index in [1.54, 1.807) is 0 Å². The lowest BCUT2D eigenvalue weighted by Gasteiger charge is -2.27. The summed E-state index contributed by atoms with van der Waals surface area (Å²) in [5, 5.41) is 3.37. The van der Waals surface area contributed by atoms with Gasteiger partial charge in [0.25, 0.3) is 0 Å². The van der Waals surface area contributed by atoms with Gasteiger partial charge in [-0.25, -0.2) is 0 Å². The van der Waals surface area contributed by atoms with Crippen LogP contribution in [0.15, 0.2) is 91.0 Å². The van der Waals surface area contributed by atoms with Crippen LogP contribution in [0.3, 0.4) is 0 Å². The molecule has 0 spiro atoms. The first kappa shape index (κ1) is 21.7. The highest BCUT2D eigenvalue weighted by molar-refractivity contribution is 7.95. The SMILES string of the molecule is FC(F)(F)CCC[P+](c1ccccc1)(c1ccccc1)c1ccccc1.[Br-]. The lowest BCUT2D eigenvalue weighted by Crippen LogP contribution is -3.00. The van der Waals surface area contributed by atoms with Gasteiger partial charge >= 0.3 is 6.18 Å². The van der Waals surface area contributed by atoms with E-state index >= 15 is 0 Å². The van der Waals surface area contributed by atoms with E-state index in [1.807, 2.05) is 54.6 Å². The molecule has 0 nitrogen and oxygen atoms in total. The fourth-order valence-corrected chi connectivity index (χ4v) is 7.74. The lowest BCUT2D eigenvalue weighted by atomic mass is 10.3. The Bertz CT molecular complexity index is 709. The maximum Gasteiger partial charge on any atom is 0.389 e. The first-order valence-electron chi connectivity index (χ1n) is 8.64. The van der Waals surface area contributed by atoms with Gasteiger partial charge in [-0.3, -0.25) is 0 Å². The smallest absolute Gasteiger partial charge is 0.389 e. The summed E-state index contributed by atoms with van der Waals surface area (Å²) in [6.07, 6.45) is -4.25. The molecule has 0 radical (unpaired) electrons. The van der Waals surface area contributed by atoms with E-state index in [4.69, 9.17) is 0 Å². The summed E-state index contributed by atoms with van der Waals surface area (Å²) in [4.78, 5) is 0. The van der Waals surface area contributed by atoms with Crippen LogP contribution in [0.4, 0.5) is 13.2 Å². The third kappa shape index (κ3) is 5.21. The summed E-state index contributed by atoms with van der Waals surface area (Å²) in [5.74, 6) is 0.